The maximum Gasteiger partial charge on any atom is 0.328 e. The SMILES string of the molecule is CCC(C)C(N)c1nnc(SCC(=O)N2Cc3[nH]c4ccccc4c3CC2C(=O)OC)o1. The number of para-hydroxylation sites is 1. The molecule has 2 aromatic heterocycles. The van der Waals surface area contributed by atoms with Crippen LogP contribution in [0, 0.1) is 5.92 Å². The Bertz CT molecular complexity index is 1130. The summed E-state index contributed by atoms with van der Waals surface area (Å²) in [5, 5.41) is 9.37. The first-order valence-electron chi connectivity index (χ1n) is 10.6. The predicted molar refractivity (Wildman–Crippen MR) is 120 cm³/mol. The van der Waals surface area contributed by atoms with Crippen LogP contribution >= 0.6 is 11.8 Å². The molecule has 0 bridgehead atoms. The molecule has 1 aromatic carbocycles. The summed E-state index contributed by atoms with van der Waals surface area (Å²) >= 11 is 1.14. The molecule has 0 spiro atoms. The second-order valence-corrected chi connectivity index (χ2v) is 8.93. The summed E-state index contributed by atoms with van der Waals surface area (Å²) in [4.78, 5) is 30.5. The van der Waals surface area contributed by atoms with Crippen molar-refractivity contribution in [3.05, 3.63) is 41.4 Å². The van der Waals surface area contributed by atoms with Crippen molar-refractivity contribution in [2.45, 2.75) is 50.5 Å². The van der Waals surface area contributed by atoms with Gasteiger partial charge in [-0.2, -0.15) is 0 Å². The number of hydrogen-bond donors (Lipinski definition) is 2. The molecular weight excluding hydrogens is 430 g/mol. The maximum atomic E-state index is 13.1. The number of aromatic nitrogens is 3. The molecule has 3 unspecified atom stereocenters. The van der Waals surface area contributed by atoms with Crippen molar-refractivity contribution in [1.29, 1.82) is 0 Å². The molecule has 1 aliphatic rings. The van der Waals surface area contributed by atoms with Crippen LogP contribution < -0.4 is 5.73 Å². The first-order valence-corrected chi connectivity index (χ1v) is 11.6. The van der Waals surface area contributed by atoms with E-state index in [1.54, 1.807) is 4.90 Å². The molecule has 3 atom stereocenters. The van der Waals surface area contributed by atoms with Gasteiger partial charge >= 0.3 is 5.97 Å². The highest BCUT2D eigenvalue weighted by atomic mass is 32.2. The third kappa shape index (κ3) is 4.24. The molecule has 170 valence electrons. The number of rotatable bonds is 7. The Hall–Kier alpha value is -2.85. The minimum Gasteiger partial charge on any atom is -0.467 e. The summed E-state index contributed by atoms with van der Waals surface area (Å²) in [6.07, 6.45) is 1.29. The number of aromatic amines is 1. The Morgan fingerprint density at radius 2 is 2.16 bits per heavy atom. The summed E-state index contributed by atoms with van der Waals surface area (Å²) in [6, 6.07) is 6.89. The number of hydrogen-bond acceptors (Lipinski definition) is 8. The van der Waals surface area contributed by atoms with E-state index in [-0.39, 0.29) is 28.8 Å². The number of ether oxygens (including phenoxy) is 1. The lowest BCUT2D eigenvalue weighted by Gasteiger charge is -2.33. The highest BCUT2D eigenvalue weighted by Gasteiger charge is 2.37. The number of carbonyl (C=O) groups is 2. The largest absolute Gasteiger partial charge is 0.467 e. The maximum absolute atomic E-state index is 13.1. The Balaban J connectivity index is 1.49. The van der Waals surface area contributed by atoms with Gasteiger partial charge in [0.1, 0.15) is 6.04 Å². The number of thioether (sulfide) groups is 1. The first-order chi connectivity index (χ1) is 15.4. The van der Waals surface area contributed by atoms with Crippen molar-refractivity contribution in [3.8, 4) is 0 Å². The summed E-state index contributed by atoms with van der Waals surface area (Å²) in [5.74, 6) is -0.0138. The van der Waals surface area contributed by atoms with E-state index < -0.39 is 12.0 Å². The summed E-state index contributed by atoms with van der Waals surface area (Å²) in [7, 11) is 1.34. The molecule has 3 aromatic rings. The van der Waals surface area contributed by atoms with Crippen LogP contribution in [0.5, 0.6) is 0 Å². The van der Waals surface area contributed by atoms with Crippen molar-refractivity contribution >= 4 is 34.5 Å². The highest BCUT2D eigenvalue weighted by molar-refractivity contribution is 7.99. The number of nitrogens with two attached hydrogens (primary N) is 1. The summed E-state index contributed by atoms with van der Waals surface area (Å²) in [6.45, 7) is 4.37. The second-order valence-electron chi connectivity index (χ2n) is 8.00. The van der Waals surface area contributed by atoms with Crippen LogP contribution in [0.1, 0.15) is 43.5 Å². The van der Waals surface area contributed by atoms with Crippen molar-refractivity contribution in [2.24, 2.45) is 11.7 Å². The van der Waals surface area contributed by atoms with Gasteiger partial charge in [-0.1, -0.05) is 50.2 Å². The van der Waals surface area contributed by atoms with Crippen LogP contribution in [0.3, 0.4) is 0 Å². The molecule has 9 nitrogen and oxygen atoms in total. The van der Waals surface area contributed by atoms with Crippen molar-refractivity contribution in [3.63, 3.8) is 0 Å². The van der Waals surface area contributed by atoms with Gasteiger partial charge in [0.25, 0.3) is 5.22 Å². The van der Waals surface area contributed by atoms with Crippen LogP contribution in [-0.2, 0) is 27.3 Å². The van der Waals surface area contributed by atoms with Gasteiger partial charge in [-0.25, -0.2) is 4.79 Å². The number of benzene rings is 1. The molecule has 32 heavy (non-hydrogen) atoms. The van der Waals surface area contributed by atoms with E-state index in [1.807, 2.05) is 38.1 Å². The van der Waals surface area contributed by atoms with E-state index >= 15 is 0 Å². The van der Waals surface area contributed by atoms with Crippen molar-refractivity contribution in [2.75, 3.05) is 12.9 Å². The molecule has 0 saturated heterocycles. The Labute approximate surface area is 190 Å². The third-order valence-electron chi connectivity index (χ3n) is 6.08. The van der Waals surface area contributed by atoms with Crippen LogP contribution in [0.2, 0.25) is 0 Å². The van der Waals surface area contributed by atoms with Gasteiger partial charge in [0.05, 0.1) is 25.4 Å². The number of fused-ring (bicyclic) bond motifs is 3. The Kier molecular flexibility index (Phi) is 6.52. The quantitative estimate of drug-likeness (QED) is 0.409. The van der Waals surface area contributed by atoms with Crippen LogP contribution in [0.25, 0.3) is 10.9 Å². The lowest BCUT2D eigenvalue weighted by atomic mass is 9.96. The molecule has 0 aliphatic carbocycles. The summed E-state index contributed by atoms with van der Waals surface area (Å²) in [5.41, 5.74) is 9.11. The minimum absolute atomic E-state index is 0.0588. The molecular formula is C22H27N5O4S. The van der Waals surface area contributed by atoms with Gasteiger partial charge in [0, 0.05) is 23.0 Å². The average Bonchev–Trinajstić information content (AvgIpc) is 3.44. The van der Waals surface area contributed by atoms with E-state index in [0.717, 1.165) is 40.3 Å². The van der Waals surface area contributed by atoms with Gasteiger partial charge < -0.3 is 24.8 Å². The number of nitrogens with one attached hydrogen (secondary N) is 1. The molecule has 3 heterocycles. The zero-order chi connectivity index (χ0) is 22.8. The number of H-pyrrole nitrogens is 1. The molecule has 0 fully saturated rings. The van der Waals surface area contributed by atoms with E-state index in [2.05, 4.69) is 15.2 Å². The molecule has 1 amide bonds. The molecule has 3 N–H and O–H groups in total. The Morgan fingerprint density at radius 1 is 1.38 bits per heavy atom. The minimum atomic E-state index is -0.683. The van der Waals surface area contributed by atoms with E-state index in [4.69, 9.17) is 14.9 Å². The average molecular weight is 458 g/mol. The number of methoxy groups -OCH3 is 1. The van der Waals surface area contributed by atoms with Crippen molar-refractivity contribution in [1.82, 2.24) is 20.1 Å². The molecule has 10 heteroatoms. The zero-order valence-corrected chi connectivity index (χ0v) is 19.1. The number of carbonyl (C=O) groups excluding carboxylic acids is 2. The van der Waals surface area contributed by atoms with Crippen molar-refractivity contribution < 1.29 is 18.7 Å². The van der Waals surface area contributed by atoms with Gasteiger partial charge in [-0.15, -0.1) is 10.2 Å². The number of amides is 1. The van der Waals surface area contributed by atoms with Gasteiger partial charge in [-0.05, 0) is 17.5 Å². The normalized spacial score (nSPS) is 17.8. The van der Waals surface area contributed by atoms with Gasteiger partial charge in [-0.3, -0.25) is 4.79 Å². The Morgan fingerprint density at radius 3 is 2.91 bits per heavy atom. The van der Waals surface area contributed by atoms with E-state index in [0.29, 0.717) is 18.9 Å². The molecule has 0 saturated carbocycles. The van der Waals surface area contributed by atoms with Gasteiger partial charge in [0.15, 0.2) is 0 Å². The highest BCUT2D eigenvalue weighted by Crippen LogP contribution is 2.31. The standard InChI is InChI=1S/C22H27N5O4S/c1-4-12(2)19(23)20-25-26-22(31-20)32-11-18(28)27-10-16-14(9-17(27)21(29)30-3)13-7-5-6-8-15(13)24-16/h5-8,12,17,19,24H,4,9-11,23H2,1-3H3. The second kappa shape index (κ2) is 9.33. The summed E-state index contributed by atoms with van der Waals surface area (Å²) < 4.78 is 10.6. The number of esters is 1. The first kappa shape index (κ1) is 22.3. The lowest BCUT2D eigenvalue weighted by Crippen LogP contribution is -2.49. The monoisotopic (exact) mass is 457 g/mol. The lowest BCUT2D eigenvalue weighted by molar-refractivity contribution is -0.153. The number of nitrogens with zero attached hydrogens (tertiary/aromatic N) is 3. The van der Waals surface area contributed by atoms with Crippen LogP contribution in [-0.4, -0.2) is 50.9 Å². The zero-order valence-electron chi connectivity index (χ0n) is 18.3. The van der Waals surface area contributed by atoms with E-state index in [9.17, 15) is 9.59 Å². The fourth-order valence-electron chi connectivity index (χ4n) is 3.93. The fraction of sp³-hybridized carbons (Fsp3) is 0.455. The third-order valence-corrected chi connectivity index (χ3v) is 6.88. The van der Waals surface area contributed by atoms with Crippen LogP contribution in [0.4, 0.5) is 0 Å². The smallest absolute Gasteiger partial charge is 0.328 e. The topological polar surface area (TPSA) is 127 Å². The molecule has 1 aliphatic heterocycles. The fourth-order valence-corrected chi connectivity index (χ4v) is 4.59. The molecule has 4 rings (SSSR count). The van der Waals surface area contributed by atoms with E-state index in [1.165, 1.54) is 7.11 Å². The van der Waals surface area contributed by atoms with Gasteiger partial charge in [0.2, 0.25) is 11.8 Å². The predicted octanol–water partition coefficient (Wildman–Crippen LogP) is 2.82. The van der Waals surface area contributed by atoms with Crippen LogP contribution in [0.15, 0.2) is 33.9 Å². The molecule has 0 radical (unpaired) electrons.